The van der Waals surface area contributed by atoms with E-state index in [0.29, 0.717) is 22.0 Å². The van der Waals surface area contributed by atoms with E-state index in [1.165, 1.54) is 6.20 Å². The van der Waals surface area contributed by atoms with Crippen molar-refractivity contribution in [3.05, 3.63) is 46.6 Å². The summed E-state index contributed by atoms with van der Waals surface area (Å²) in [5.41, 5.74) is 14.1. The molecule has 10 nitrogen and oxygen atoms in total. The first-order chi connectivity index (χ1) is 11.7. The molecule has 2 rings (SSSR count). The molecule has 1 aromatic heterocycles. The van der Waals surface area contributed by atoms with Gasteiger partial charge in [0.05, 0.1) is 0 Å². The Balaban J connectivity index is 2.46. The quantitative estimate of drug-likeness (QED) is 0.350. The van der Waals surface area contributed by atoms with Crippen LogP contribution in [-0.2, 0) is 6.42 Å². The van der Waals surface area contributed by atoms with Gasteiger partial charge in [-0.25, -0.2) is 31.3 Å². The number of nitrogens with zero attached hydrogens (tertiary/aromatic N) is 4. The van der Waals surface area contributed by atoms with Gasteiger partial charge in [-0.3, -0.25) is 0 Å². The minimum Gasteiger partial charge on any atom is -0.350 e. The summed E-state index contributed by atoms with van der Waals surface area (Å²) in [5, 5.41) is 1.20. The highest BCUT2D eigenvalue weighted by molar-refractivity contribution is 5.90. The summed E-state index contributed by atoms with van der Waals surface area (Å²) in [4.78, 5) is 30.6. The Morgan fingerprint density at radius 2 is 1.68 bits per heavy atom. The van der Waals surface area contributed by atoms with Crippen LogP contribution in [-0.4, -0.2) is 22.0 Å². The van der Waals surface area contributed by atoms with Crippen molar-refractivity contribution in [3.63, 3.8) is 0 Å². The number of hydrogen-bond donors (Lipinski definition) is 4. The van der Waals surface area contributed by atoms with Crippen molar-refractivity contribution < 1.29 is 9.59 Å². The minimum atomic E-state index is -0.962. The molecule has 0 unspecified atom stereocenters. The Bertz CT molecular complexity index is 823. The lowest BCUT2D eigenvalue weighted by atomic mass is 10.0. The van der Waals surface area contributed by atoms with Crippen LogP contribution in [0.15, 0.2) is 24.4 Å². The summed E-state index contributed by atoms with van der Waals surface area (Å²) in [7, 11) is 0. The van der Waals surface area contributed by atoms with E-state index >= 15 is 0 Å². The number of carbonyl (C=O) groups excluding carboxylic acids is 2. The third kappa shape index (κ3) is 4.00. The van der Waals surface area contributed by atoms with Crippen LogP contribution in [0.25, 0.3) is 0 Å². The topological polar surface area (TPSA) is 170 Å². The van der Waals surface area contributed by atoms with Crippen LogP contribution in [0.2, 0.25) is 0 Å². The second-order valence-electron chi connectivity index (χ2n) is 5.53. The molecule has 10 heteroatoms. The Morgan fingerprint density at radius 1 is 1.04 bits per heavy atom. The van der Waals surface area contributed by atoms with Crippen molar-refractivity contribution in [2.24, 2.45) is 23.2 Å². The van der Waals surface area contributed by atoms with Gasteiger partial charge in [-0.15, -0.1) is 0 Å². The number of urea groups is 2. The van der Waals surface area contributed by atoms with E-state index in [1.54, 1.807) is 0 Å². The molecular weight excluding hydrogens is 324 g/mol. The van der Waals surface area contributed by atoms with Gasteiger partial charge in [0.1, 0.15) is 0 Å². The molecule has 1 heterocycles. The van der Waals surface area contributed by atoms with Gasteiger partial charge < -0.3 is 11.5 Å². The molecule has 1 aromatic carbocycles. The molecule has 0 atom stereocenters. The summed E-state index contributed by atoms with van der Waals surface area (Å²) in [6, 6.07) is 4.06. The maximum absolute atomic E-state index is 11.4. The number of primary amides is 2. The van der Waals surface area contributed by atoms with Crippen LogP contribution in [0, 0.1) is 13.8 Å². The van der Waals surface area contributed by atoms with Gasteiger partial charge in [0.25, 0.3) is 5.95 Å². The lowest BCUT2D eigenvalue weighted by Gasteiger charge is -2.19. The van der Waals surface area contributed by atoms with E-state index in [2.05, 4.69) is 9.97 Å². The first-order valence-corrected chi connectivity index (χ1v) is 7.31. The molecule has 25 heavy (non-hydrogen) atoms. The number of hydrazine groups is 2. The predicted octanol–water partition coefficient (Wildman–Crippen LogP) is 0.202. The number of anilines is 2. The van der Waals surface area contributed by atoms with Gasteiger partial charge in [0, 0.05) is 18.2 Å². The van der Waals surface area contributed by atoms with Gasteiger partial charge in [-0.1, -0.05) is 18.2 Å². The molecule has 0 bridgehead atoms. The average Bonchev–Trinajstić information content (AvgIpc) is 2.57. The molecule has 4 amide bonds. The van der Waals surface area contributed by atoms with E-state index in [4.69, 9.17) is 23.2 Å². The zero-order valence-electron chi connectivity index (χ0n) is 13.9. The largest absolute Gasteiger partial charge is 0.350 e. The summed E-state index contributed by atoms with van der Waals surface area (Å²) in [6.45, 7) is 4.01. The highest BCUT2D eigenvalue weighted by Gasteiger charge is 2.20. The molecule has 132 valence electrons. The van der Waals surface area contributed by atoms with Gasteiger partial charge >= 0.3 is 12.1 Å². The number of amides is 4. The Labute approximate surface area is 144 Å². The lowest BCUT2D eigenvalue weighted by molar-refractivity contribution is 0.253. The number of aryl methyl sites for hydroxylation is 2. The monoisotopic (exact) mass is 344 g/mol. The third-order valence-corrected chi connectivity index (χ3v) is 3.71. The average molecular weight is 344 g/mol. The summed E-state index contributed by atoms with van der Waals surface area (Å²) >= 11 is 0. The highest BCUT2D eigenvalue weighted by atomic mass is 16.2. The molecule has 2 aromatic rings. The maximum Gasteiger partial charge on any atom is 0.336 e. The molecule has 0 radical (unpaired) electrons. The molecular formula is C15H20N8O2. The number of carbonyl (C=O) groups is 2. The normalized spacial score (nSPS) is 10.4. The first-order valence-electron chi connectivity index (χ1n) is 7.31. The highest BCUT2D eigenvalue weighted by Crippen LogP contribution is 2.22. The molecule has 0 fully saturated rings. The first kappa shape index (κ1) is 18.1. The lowest BCUT2D eigenvalue weighted by Crippen LogP contribution is -2.45. The van der Waals surface area contributed by atoms with Gasteiger partial charge in [0.2, 0.25) is 0 Å². The van der Waals surface area contributed by atoms with Gasteiger partial charge in [0.15, 0.2) is 5.82 Å². The maximum atomic E-state index is 11.4. The van der Waals surface area contributed by atoms with Crippen molar-refractivity contribution in [2.75, 3.05) is 10.0 Å². The molecule has 0 saturated heterocycles. The van der Waals surface area contributed by atoms with E-state index in [0.717, 1.165) is 16.7 Å². The molecule has 0 spiro atoms. The Kier molecular flexibility index (Phi) is 5.15. The van der Waals surface area contributed by atoms with Crippen molar-refractivity contribution in [1.82, 2.24) is 9.97 Å². The molecule has 0 aliphatic carbocycles. The SMILES string of the molecule is Cc1ccc(Cc2cnc(N(N)C(N)=O)nc2N(N)C(N)=O)cc1C. The van der Waals surface area contributed by atoms with Crippen molar-refractivity contribution >= 4 is 23.8 Å². The number of nitrogens with two attached hydrogens (primary N) is 4. The standard InChI is InChI=1S/C15H20N8O2/c1-8-3-4-10(5-9(8)2)6-11-7-20-15(23(19)14(17)25)21-12(11)22(18)13(16)24/h3-5,7H,6,18-19H2,1-2H3,(H2,16,24)(H2,17,25). The van der Waals surface area contributed by atoms with Crippen LogP contribution in [0.3, 0.4) is 0 Å². The van der Waals surface area contributed by atoms with Crippen LogP contribution in [0.4, 0.5) is 21.4 Å². The third-order valence-electron chi connectivity index (χ3n) is 3.71. The second kappa shape index (κ2) is 7.11. The molecule has 0 aliphatic rings. The van der Waals surface area contributed by atoms with Crippen molar-refractivity contribution in [1.29, 1.82) is 0 Å². The Hall–Kier alpha value is -3.24. The molecule has 8 N–H and O–H groups in total. The van der Waals surface area contributed by atoms with Crippen molar-refractivity contribution in [3.8, 4) is 0 Å². The summed E-state index contributed by atoms with van der Waals surface area (Å²) in [6.07, 6.45) is 1.82. The number of aromatic nitrogens is 2. The second-order valence-corrected chi connectivity index (χ2v) is 5.53. The van der Waals surface area contributed by atoms with E-state index < -0.39 is 12.1 Å². The van der Waals surface area contributed by atoms with E-state index in [-0.39, 0.29) is 11.8 Å². The Morgan fingerprint density at radius 3 is 2.24 bits per heavy atom. The van der Waals surface area contributed by atoms with Crippen molar-refractivity contribution in [2.45, 2.75) is 20.3 Å². The van der Waals surface area contributed by atoms with E-state index in [1.807, 2.05) is 32.0 Å². The zero-order valence-corrected chi connectivity index (χ0v) is 13.9. The van der Waals surface area contributed by atoms with E-state index in [9.17, 15) is 9.59 Å². The smallest absolute Gasteiger partial charge is 0.336 e. The summed E-state index contributed by atoms with van der Waals surface area (Å²) in [5.74, 6) is 11.0. The number of rotatable bonds is 4. The van der Waals surface area contributed by atoms with Crippen LogP contribution in [0.5, 0.6) is 0 Å². The fraction of sp³-hybridized carbons (Fsp3) is 0.200. The van der Waals surface area contributed by atoms with Gasteiger partial charge in [-0.05, 0) is 30.5 Å². The molecule has 0 aliphatic heterocycles. The van der Waals surface area contributed by atoms with Crippen LogP contribution < -0.4 is 33.2 Å². The van der Waals surface area contributed by atoms with Crippen LogP contribution in [0.1, 0.15) is 22.3 Å². The minimum absolute atomic E-state index is 0.0347. The fourth-order valence-corrected chi connectivity index (χ4v) is 2.17. The van der Waals surface area contributed by atoms with Crippen LogP contribution >= 0.6 is 0 Å². The zero-order chi connectivity index (χ0) is 18.7. The predicted molar refractivity (Wildman–Crippen MR) is 93.3 cm³/mol. The fourth-order valence-electron chi connectivity index (χ4n) is 2.17. The number of hydrogen-bond acceptors (Lipinski definition) is 6. The van der Waals surface area contributed by atoms with Gasteiger partial charge in [-0.2, -0.15) is 9.99 Å². The molecule has 0 saturated carbocycles. The summed E-state index contributed by atoms with van der Waals surface area (Å²) < 4.78 is 0. The number of benzene rings is 1.